The largest absolute Gasteiger partial charge is 0.497 e. The zero-order valence-corrected chi connectivity index (χ0v) is 15.2. The summed E-state index contributed by atoms with van der Waals surface area (Å²) in [6.45, 7) is 2.80. The Morgan fingerprint density at radius 2 is 2.04 bits per heavy atom. The van der Waals surface area contributed by atoms with Crippen molar-refractivity contribution in [1.29, 1.82) is 0 Å². The van der Waals surface area contributed by atoms with Crippen molar-refractivity contribution in [2.45, 2.75) is 32.7 Å². The van der Waals surface area contributed by atoms with Gasteiger partial charge in [0.15, 0.2) is 0 Å². The van der Waals surface area contributed by atoms with Gasteiger partial charge in [-0.15, -0.1) is 0 Å². The van der Waals surface area contributed by atoms with E-state index in [4.69, 9.17) is 9.84 Å². The van der Waals surface area contributed by atoms with Crippen LogP contribution in [0.2, 0.25) is 0 Å². The molecular formula is C19H26N2O5. The number of carboxylic acids is 1. The maximum absolute atomic E-state index is 12.3. The molecule has 1 fully saturated rings. The normalized spacial score (nSPS) is 17.8. The molecule has 142 valence electrons. The lowest BCUT2D eigenvalue weighted by Crippen LogP contribution is -2.37. The maximum atomic E-state index is 12.3. The van der Waals surface area contributed by atoms with Gasteiger partial charge in [0, 0.05) is 26.1 Å². The van der Waals surface area contributed by atoms with Crippen molar-refractivity contribution in [3.8, 4) is 5.75 Å². The highest BCUT2D eigenvalue weighted by Crippen LogP contribution is 2.21. The Kier molecular flexibility index (Phi) is 7.00. The van der Waals surface area contributed by atoms with Crippen molar-refractivity contribution in [1.82, 2.24) is 10.2 Å². The zero-order valence-electron chi connectivity index (χ0n) is 15.2. The molecule has 2 rings (SSSR count). The molecule has 1 aliphatic rings. The van der Waals surface area contributed by atoms with E-state index in [1.165, 1.54) is 0 Å². The monoisotopic (exact) mass is 362 g/mol. The van der Waals surface area contributed by atoms with Gasteiger partial charge in [-0.2, -0.15) is 0 Å². The van der Waals surface area contributed by atoms with Gasteiger partial charge >= 0.3 is 5.97 Å². The van der Waals surface area contributed by atoms with E-state index in [9.17, 15) is 14.4 Å². The number of hydrogen-bond acceptors (Lipinski definition) is 4. The summed E-state index contributed by atoms with van der Waals surface area (Å²) >= 11 is 0. The second-order valence-electron chi connectivity index (χ2n) is 6.59. The van der Waals surface area contributed by atoms with Crippen LogP contribution in [-0.2, 0) is 20.9 Å². The van der Waals surface area contributed by atoms with Gasteiger partial charge in [0.25, 0.3) is 0 Å². The molecular weight excluding hydrogens is 336 g/mol. The Balaban J connectivity index is 1.87. The summed E-state index contributed by atoms with van der Waals surface area (Å²) in [5, 5.41) is 11.8. The second-order valence-corrected chi connectivity index (χ2v) is 6.59. The number of carbonyl (C=O) groups excluding carboxylic acids is 2. The Hall–Kier alpha value is -2.57. The van der Waals surface area contributed by atoms with Crippen molar-refractivity contribution in [3.63, 3.8) is 0 Å². The standard InChI is InChI=1S/C19H26N2O5/c1-3-4-14(19(24)25)10-20-18(23)15-9-17(22)21(12-15)11-13-5-7-16(26-2)8-6-13/h5-8,14-15H,3-4,9-12H2,1-2H3,(H,20,23)(H,24,25). The fourth-order valence-electron chi connectivity index (χ4n) is 3.08. The molecule has 7 nitrogen and oxygen atoms in total. The number of carboxylic acid groups (broad SMARTS) is 1. The topological polar surface area (TPSA) is 95.9 Å². The molecule has 7 heteroatoms. The number of aliphatic carboxylic acids is 1. The Labute approximate surface area is 153 Å². The predicted octanol–water partition coefficient (Wildman–Crippen LogP) is 1.66. The molecule has 2 amide bonds. The molecule has 1 aromatic rings. The van der Waals surface area contributed by atoms with Crippen LogP contribution in [0.5, 0.6) is 5.75 Å². The number of methoxy groups -OCH3 is 1. The fourth-order valence-corrected chi connectivity index (χ4v) is 3.08. The van der Waals surface area contributed by atoms with Crippen molar-refractivity contribution < 1.29 is 24.2 Å². The van der Waals surface area contributed by atoms with Crippen LogP contribution in [0.3, 0.4) is 0 Å². The van der Waals surface area contributed by atoms with Gasteiger partial charge in [-0.25, -0.2) is 0 Å². The van der Waals surface area contributed by atoms with Gasteiger partial charge in [0.05, 0.1) is 18.9 Å². The molecule has 1 heterocycles. The molecule has 0 saturated carbocycles. The minimum absolute atomic E-state index is 0.0655. The number of rotatable bonds is 9. The van der Waals surface area contributed by atoms with Crippen molar-refractivity contribution in [2.24, 2.45) is 11.8 Å². The summed E-state index contributed by atoms with van der Waals surface area (Å²) < 4.78 is 5.11. The first-order valence-corrected chi connectivity index (χ1v) is 8.85. The number of nitrogens with zero attached hydrogens (tertiary/aromatic N) is 1. The Morgan fingerprint density at radius 3 is 2.62 bits per heavy atom. The molecule has 0 bridgehead atoms. The highest BCUT2D eigenvalue weighted by atomic mass is 16.5. The van der Waals surface area contributed by atoms with Gasteiger partial charge in [-0.1, -0.05) is 25.5 Å². The van der Waals surface area contributed by atoms with Crippen LogP contribution in [-0.4, -0.2) is 48.0 Å². The zero-order chi connectivity index (χ0) is 19.1. The fraction of sp³-hybridized carbons (Fsp3) is 0.526. The number of ether oxygens (including phenoxy) is 1. The highest BCUT2D eigenvalue weighted by molar-refractivity contribution is 5.89. The number of likely N-dealkylation sites (tertiary alicyclic amines) is 1. The number of benzene rings is 1. The van der Waals surface area contributed by atoms with Crippen LogP contribution in [0.25, 0.3) is 0 Å². The third kappa shape index (κ3) is 5.21. The Bertz CT molecular complexity index is 644. The van der Waals surface area contributed by atoms with E-state index in [-0.39, 0.29) is 24.8 Å². The van der Waals surface area contributed by atoms with Gasteiger partial charge in [0.2, 0.25) is 11.8 Å². The quantitative estimate of drug-likeness (QED) is 0.696. The predicted molar refractivity (Wildman–Crippen MR) is 95.6 cm³/mol. The summed E-state index contributed by atoms with van der Waals surface area (Å²) in [5.41, 5.74) is 0.967. The van der Waals surface area contributed by atoms with Crippen LogP contribution in [0.4, 0.5) is 0 Å². The summed E-state index contributed by atoms with van der Waals surface area (Å²) in [5.74, 6) is -1.50. The molecule has 1 saturated heterocycles. The van der Waals surface area contributed by atoms with Crippen LogP contribution in [0, 0.1) is 11.8 Å². The lowest BCUT2D eigenvalue weighted by molar-refractivity contribution is -0.142. The molecule has 0 spiro atoms. The van der Waals surface area contributed by atoms with Crippen LogP contribution in [0.1, 0.15) is 31.7 Å². The first kappa shape index (κ1) is 19.8. The molecule has 0 radical (unpaired) electrons. The van der Waals surface area contributed by atoms with E-state index in [0.29, 0.717) is 19.5 Å². The van der Waals surface area contributed by atoms with E-state index in [2.05, 4.69) is 5.32 Å². The van der Waals surface area contributed by atoms with Crippen molar-refractivity contribution >= 4 is 17.8 Å². The summed E-state index contributed by atoms with van der Waals surface area (Å²) in [6, 6.07) is 7.45. The van der Waals surface area contributed by atoms with Gasteiger partial charge in [0.1, 0.15) is 5.75 Å². The van der Waals surface area contributed by atoms with E-state index in [1.807, 2.05) is 31.2 Å². The van der Waals surface area contributed by atoms with E-state index in [0.717, 1.165) is 17.7 Å². The van der Waals surface area contributed by atoms with Crippen molar-refractivity contribution in [3.05, 3.63) is 29.8 Å². The van der Waals surface area contributed by atoms with Crippen molar-refractivity contribution in [2.75, 3.05) is 20.2 Å². The van der Waals surface area contributed by atoms with Crippen LogP contribution < -0.4 is 10.1 Å². The molecule has 1 aromatic carbocycles. The van der Waals surface area contributed by atoms with Gasteiger partial charge < -0.3 is 20.1 Å². The van der Waals surface area contributed by atoms with E-state index in [1.54, 1.807) is 12.0 Å². The number of amides is 2. The van der Waals surface area contributed by atoms with Crippen LogP contribution >= 0.6 is 0 Å². The molecule has 1 aliphatic heterocycles. The van der Waals surface area contributed by atoms with E-state index < -0.39 is 17.8 Å². The third-order valence-corrected chi connectivity index (χ3v) is 4.63. The SMILES string of the molecule is CCCC(CNC(=O)C1CC(=O)N(Cc2ccc(OC)cc2)C1)C(=O)O. The summed E-state index contributed by atoms with van der Waals surface area (Å²) in [4.78, 5) is 37.3. The molecule has 0 aliphatic carbocycles. The average Bonchev–Trinajstić information content (AvgIpc) is 2.99. The molecule has 0 aromatic heterocycles. The number of nitrogens with one attached hydrogen (secondary N) is 1. The number of carbonyl (C=O) groups is 3. The minimum atomic E-state index is -0.907. The van der Waals surface area contributed by atoms with E-state index >= 15 is 0 Å². The van der Waals surface area contributed by atoms with Gasteiger partial charge in [-0.3, -0.25) is 14.4 Å². The average molecular weight is 362 g/mol. The minimum Gasteiger partial charge on any atom is -0.497 e. The third-order valence-electron chi connectivity index (χ3n) is 4.63. The van der Waals surface area contributed by atoms with Gasteiger partial charge in [-0.05, 0) is 24.1 Å². The first-order chi connectivity index (χ1) is 12.4. The number of hydrogen-bond donors (Lipinski definition) is 2. The summed E-state index contributed by atoms with van der Waals surface area (Å²) in [6.07, 6.45) is 1.42. The Morgan fingerprint density at radius 1 is 1.35 bits per heavy atom. The highest BCUT2D eigenvalue weighted by Gasteiger charge is 2.34. The molecule has 2 atom stereocenters. The summed E-state index contributed by atoms with van der Waals surface area (Å²) in [7, 11) is 1.59. The first-order valence-electron chi connectivity index (χ1n) is 8.85. The van der Waals surface area contributed by atoms with Crippen LogP contribution in [0.15, 0.2) is 24.3 Å². The second kappa shape index (κ2) is 9.22. The smallest absolute Gasteiger partial charge is 0.308 e. The molecule has 2 N–H and O–H groups in total. The molecule has 2 unspecified atom stereocenters. The lowest BCUT2D eigenvalue weighted by Gasteiger charge is -2.17. The molecule has 26 heavy (non-hydrogen) atoms. The lowest BCUT2D eigenvalue weighted by atomic mass is 10.0. The maximum Gasteiger partial charge on any atom is 0.308 e.